The van der Waals surface area contributed by atoms with E-state index < -0.39 is 71.5 Å². The Bertz CT molecular complexity index is 2710. The third kappa shape index (κ3) is 20.6. The summed E-state index contributed by atoms with van der Waals surface area (Å²) in [6.07, 6.45) is 6.04. The normalized spacial score (nSPS) is 15.8. The number of benzene rings is 7. The molecule has 458 valence electrons. The van der Waals surface area contributed by atoms with E-state index in [0.717, 1.165) is 88.8 Å². The second-order valence-corrected chi connectivity index (χ2v) is 31.2. The topological polar surface area (TPSA) is 129 Å². The van der Waals surface area contributed by atoms with Gasteiger partial charge < -0.3 is 39.1 Å². The number of hydrogen-bond acceptors (Lipinski definition) is 8. The predicted octanol–water partition coefficient (Wildman–Crippen LogP) is 13.0. The fourth-order valence-corrected chi connectivity index (χ4v) is 17.2. The van der Waals surface area contributed by atoms with Crippen LogP contribution in [0.5, 0.6) is 0 Å². The Morgan fingerprint density at radius 1 is 0.365 bits per heavy atom. The van der Waals surface area contributed by atoms with Crippen LogP contribution in [0, 0.1) is 22.7 Å². The maximum atomic E-state index is 12.6. The highest BCUT2D eigenvalue weighted by Crippen LogP contribution is 2.45. The van der Waals surface area contributed by atoms with Gasteiger partial charge in [0.2, 0.25) is 18.1 Å². The highest BCUT2D eigenvalue weighted by Gasteiger charge is 2.49. The van der Waals surface area contributed by atoms with E-state index in [1.54, 1.807) is 13.8 Å². The van der Waals surface area contributed by atoms with Crippen LogP contribution in [0.1, 0.15) is 163 Å². The van der Waals surface area contributed by atoms with Gasteiger partial charge in [0.1, 0.15) is 11.9 Å². The lowest BCUT2D eigenvalue weighted by Gasteiger charge is -2.46. The lowest BCUT2D eigenvalue weighted by Crippen LogP contribution is -2.56. The highest BCUT2D eigenvalue weighted by atomic mass is 28.3. The van der Waals surface area contributed by atoms with E-state index in [4.69, 9.17) is 13.6 Å². The van der Waals surface area contributed by atoms with Crippen molar-refractivity contribution in [2.24, 2.45) is 22.7 Å². The van der Waals surface area contributed by atoms with Gasteiger partial charge in [-0.05, 0) is 87.8 Å². The lowest BCUT2D eigenvalue weighted by atomic mass is 9.75. The standard InChI is InChI=1S/C47H58O4Si.C28H44O4Si/c1-6-7-8-24-35-42(43(48)46(5,49)36-45(2,3)4)44(51-52(40-31-20-12-21-32-40)41-33-22-13-23-34-41)50-47(37-25-14-9-15-26-37,38-27-16-10-17-28-38)39-29-18-11-19-30-39;1-6-7-8-15-20-24(25(29)28(5,31)21-27(2,3)4)26(30)32-33(22-16-11-9-12-17-22)23-18-13-10-14-19-23/h9-23,25-34,42-44,48-49,52H,6-8,24,35-36H2,1-5H3;9-14,16-19,24-26,29-31,33H,6-8,15,20-21H2,1-5H3. The van der Waals surface area contributed by atoms with Crippen LogP contribution >= 0.6 is 0 Å². The first-order valence-electron chi connectivity index (χ1n) is 31.4. The van der Waals surface area contributed by atoms with Gasteiger partial charge in [-0.1, -0.05) is 319 Å². The van der Waals surface area contributed by atoms with Gasteiger partial charge in [0.15, 0.2) is 6.29 Å². The zero-order valence-electron chi connectivity index (χ0n) is 52.8. The molecule has 8 unspecified atom stereocenters. The van der Waals surface area contributed by atoms with E-state index in [-0.39, 0.29) is 10.8 Å². The van der Waals surface area contributed by atoms with Gasteiger partial charge in [-0.15, -0.1) is 0 Å². The molecule has 5 N–H and O–H groups in total. The molecule has 8 nitrogen and oxygen atoms in total. The molecule has 85 heavy (non-hydrogen) atoms. The first-order chi connectivity index (χ1) is 40.6. The molecule has 0 aliphatic carbocycles. The van der Waals surface area contributed by atoms with Crippen LogP contribution in [0.25, 0.3) is 0 Å². The van der Waals surface area contributed by atoms with Crippen LogP contribution in [0.3, 0.4) is 0 Å². The number of rotatable bonds is 31. The smallest absolute Gasteiger partial charge is 0.243 e. The fourth-order valence-electron chi connectivity index (χ4n) is 12.5. The van der Waals surface area contributed by atoms with Crippen molar-refractivity contribution in [3.8, 4) is 0 Å². The van der Waals surface area contributed by atoms with Crippen molar-refractivity contribution in [1.29, 1.82) is 0 Å². The molecule has 0 heterocycles. The molecular formula is C75H102O8Si2. The Morgan fingerprint density at radius 3 is 0.953 bits per heavy atom. The summed E-state index contributed by atoms with van der Waals surface area (Å²) in [5.74, 6) is -1.12. The molecule has 0 aliphatic rings. The van der Waals surface area contributed by atoms with Gasteiger partial charge in [0.05, 0.1) is 23.4 Å². The third-order valence-corrected chi connectivity index (χ3v) is 21.2. The maximum Gasteiger partial charge on any atom is 0.243 e. The van der Waals surface area contributed by atoms with E-state index in [9.17, 15) is 25.5 Å². The molecule has 7 rings (SSSR count). The molecular weight excluding hydrogens is 1080 g/mol. The average Bonchev–Trinajstić information content (AvgIpc) is 1.03. The fraction of sp³-hybridized carbons (Fsp3) is 0.440. The maximum absolute atomic E-state index is 12.6. The third-order valence-electron chi connectivity index (χ3n) is 16.1. The van der Waals surface area contributed by atoms with Gasteiger partial charge in [0, 0.05) is 11.8 Å². The Hall–Kier alpha value is -5.35. The minimum absolute atomic E-state index is 0.158. The van der Waals surface area contributed by atoms with E-state index in [1.807, 2.05) is 148 Å². The van der Waals surface area contributed by atoms with Crippen LogP contribution < -0.4 is 20.7 Å². The van der Waals surface area contributed by atoms with Crippen molar-refractivity contribution in [1.82, 2.24) is 0 Å². The van der Waals surface area contributed by atoms with Crippen molar-refractivity contribution in [3.05, 3.63) is 229 Å². The molecule has 0 aromatic heterocycles. The van der Waals surface area contributed by atoms with Crippen molar-refractivity contribution in [3.63, 3.8) is 0 Å². The number of ether oxygens (including phenoxy) is 1. The summed E-state index contributed by atoms with van der Waals surface area (Å²) in [7, 11) is -4.63. The molecule has 0 saturated heterocycles. The highest BCUT2D eigenvalue weighted by molar-refractivity contribution is 6.80. The molecule has 0 saturated carbocycles. The largest absolute Gasteiger partial charge is 0.390 e. The monoisotopic (exact) mass is 1190 g/mol. The average molecular weight is 1190 g/mol. The van der Waals surface area contributed by atoms with Crippen molar-refractivity contribution < 1.29 is 39.1 Å². The number of aliphatic hydroxyl groups is 5. The van der Waals surface area contributed by atoms with E-state index in [0.29, 0.717) is 25.7 Å². The number of aliphatic hydroxyl groups excluding tert-OH is 3. The number of unbranched alkanes of at least 4 members (excludes halogenated alkanes) is 6. The first-order valence-corrected chi connectivity index (χ1v) is 34.7. The van der Waals surface area contributed by atoms with Gasteiger partial charge in [-0.25, -0.2) is 0 Å². The molecule has 0 amide bonds. The van der Waals surface area contributed by atoms with Crippen LogP contribution in [0.4, 0.5) is 0 Å². The van der Waals surface area contributed by atoms with Gasteiger partial charge >= 0.3 is 0 Å². The predicted molar refractivity (Wildman–Crippen MR) is 357 cm³/mol. The van der Waals surface area contributed by atoms with Crippen molar-refractivity contribution in [2.75, 3.05) is 0 Å². The zero-order chi connectivity index (χ0) is 61.5. The van der Waals surface area contributed by atoms with Crippen molar-refractivity contribution >= 4 is 38.8 Å². The lowest BCUT2D eigenvalue weighted by molar-refractivity contribution is -0.216. The summed E-state index contributed by atoms with van der Waals surface area (Å²) in [5.41, 5.74) is -1.33. The molecule has 7 aromatic rings. The Labute approximate surface area is 514 Å². The molecule has 10 heteroatoms. The van der Waals surface area contributed by atoms with Crippen LogP contribution in [-0.4, -0.2) is 79.6 Å². The molecule has 8 atom stereocenters. The summed E-state index contributed by atoms with van der Waals surface area (Å²) in [6, 6.07) is 72.0. The van der Waals surface area contributed by atoms with Gasteiger partial charge in [-0.2, -0.15) is 0 Å². The minimum Gasteiger partial charge on any atom is -0.390 e. The summed E-state index contributed by atoms with van der Waals surface area (Å²) in [6.45, 7) is 20.3. The second-order valence-electron chi connectivity index (χ2n) is 26.4. The molecule has 0 spiro atoms. The Balaban J connectivity index is 0.000000302. The van der Waals surface area contributed by atoms with Gasteiger partial charge in [0.25, 0.3) is 0 Å². The van der Waals surface area contributed by atoms with Crippen molar-refractivity contribution in [2.45, 2.75) is 188 Å². The first kappa shape index (κ1) is 68.8. The molecule has 0 aliphatic heterocycles. The summed E-state index contributed by atoms with van der Waals surface area (Å²) < 4.78 is 21.7. The second kappa shape index (κ2) is 33.1. The zero-order valence-corrected chi connectivity index (χ0v) is 55.1. The number of hydrogen-bond donors (Lipinski definition) is 5. The van der Waals surface area contributed by atoms with Crippen LogP contribution in [0.15, 0.2) is 212 Å². The van der Waals surface area contributed by atoms with Crippen LogP contribution in [0.2, 0.25) is 0 Å². The van der Waals surface area contributed by atoms with Crippen LogP contribution in [-0.2, 0) is 19.2 Å². The summed E-state index contributed by atoms with van der Waals surface area (Å²) >= 11 is 0. The van der Waals surface area contributed by atoms with E-state index in [1.165, 1.54) is 0 Å². The molecule has 7 aromatic carbocycles. The minimum atomic E-state index is -2.44. The molecule has 0 fully saturated rings. The SMILES string of the molecule is CCCCCCC(C(O)O[SiH](c1ccccc1)c1ccccc1)C(O)C(C)(O)CC(C)(C)C.CCCCCCC(C(O[SiH](c1ccccc1)c1ccccc1)OC(c1ccccc1)(c1ccccc1)c1ccccc1)C(O)C(C)(O)CC(C)(C)C. The van der Waals surface area contributed by atoms with Gasteiger partial charge in [-0.3, -0.25) is 0 Å². The quantitative estimate of drug-likeness (QED) is 0.0126. The summed E-state index contributed by atoms with van der Waals surface area (Å²) in [4.78, 5) is 0. The molecule has 0 bridgehead atoms. The molecule has 0 radical (unpaired) electrons. The van der Waals surface area contributed by atoms with E-state index >= 15 is 0 Å². The van der Waals surface area contributed by atoms with E-state index in [2.05, 4.69) is 120 Å². The Kier molecular flexibility index (Phi) is 26.8. The Morgan fingerprint density at radius 2 is 0.647 bits per heavy atom. The summed E-state index contributed by atoms with van der Waals surface area (Å²) in [5, 5.41) is 63.0.